The molecule has 0 aromatic heterocycles. The predicted octanol–water partition coefficient (Wildman–Crippen LogP) is 4.30. The maximum atomic E-state index is 12.1. The Morgan fingerprint density at radius 2 is 1.68 bits per heavy atom. The van der Waals surface area contributed by atoms with Crippen LogP contribution in [-0.2, 0) is 14.2 Å². The molecule has 0 radical (unpaired) electrons. The highest BCUT2D eigenvalue weighted by molar-refractivity contribution is 4.77. The van der Waals surface area contributed by atoms with E-state index in [2.05, 4.69) is 0 Å². The SMILES string of the molecule is CCOC1CCC([C@H]2OC[C@H](CCCC(F)(F)F)CO2)CC1. The highest BCUT2D eigenvalue weighted by Crippen LogP contribution is 2.33. The number of hydrogen-bond acceptors (Lipinski definition) is 3. The summed E-state index contributed by atoms with van der Waals surface area (Å²) in [5.41, 5.74) is 0. The fourth-order valence-corrected chi connectivity index (χ4v) is 3.35. The summed E-state index contributed by atoms with van der Waals surface area (Å²) in [6.45, 7) is 3.81. The molecule has 0 spiro atoms. The first-order valence-electron chi connectivity index (χ1n) is 8.39. The largest absolute Gasteiger partial charge is 0.389 e. The van der Waals surface area contributed by atoms with E-state index in [1.54, 1.807) is 0 Å². The van der Waals surface area contributed by atoms with Gasteiger partial charge in [-0.2, -0.15) is 13.2 Å². The summed E-state index contributed by atoms with van der Waals surface area (Å²) in [7, 11) is 0. The molecule has 0 N–H and O–H groups in total. The van der Waals surface area contributed by atoms with Crippen LogP contribution in [0, 0.1) is 11.8 Å². The van der Waals surface area contributed by atoms with Gasteiger partial charge in [-0.3, -0.25) is 0 Å². The van der Waals surface area contributed by atoms with Crippen molar-refractivity contribution in [3.05, 3.63) is 0 Å². The molecule has 1 saturated carbocycles. The summed E-state index contributed by atoms with van der Waals surface area (Å²) < 4.78 is 53.5. The molecule has 1 saturated heterocycles. The Kier molecular flexibility index (Phi) is 6.96. The number of alkyl halides is 3. The second kappa shape index (κ2) is 8.50. The molecule has 6 heteroatoms. The average Bonchev–Trinajstić information content (AvgIpc) is 2.48. The Hall–Kier alpha value is -0.330. The van der Waals surface area contributed by atoms with Gasteiger partial charge >= 0.3 is 6.18 Å². The molecule has 1 aliphatic heterocycles. The monoisotopic (exact) mass is 324 g/mol. The summed E-state index contributed by atoms with van der Waals surface area (Å²) in [5.74, 6) is 0.492. The molecule has 0 unspecified atom stereocenters. The van der Waals surface area contributed by atoms with E-state index in [-0.39, 0.29) is 18.6 Å². The zero-order valence-electron chi connectivity index (χ0n) is 13.2. The van der Waals surface area contributed by atoms with Crippen molar-refractivity contribution in [1.82, 2.24) is 0 Å². The van der Waals surface area contributed by atoms with Gasteiger partial charge in [0.05, 0.1) is 19.3 Å². The molecule has 2 fully saturated rings. The Balaban J connectivity index is 1.61. The molecule has 0 atom stereocenters. The second-order valence-electron chi connectivity index (χ2n) is 6.40. The molecule has 0 aromatic carbocycles. The van der Waals surface area contributed by atoms with Crippen LogP contribution in [0.25, 0.3) is 0 Å². The molecule has 1 aliphatic carbocycles. The second-order valence-corrected chi connectivity index (χ2v) is 6.40. The lowest BCUT2D eigenvalue weighted by atomic mass is 9.86. The number of ether oxygens (including phenoxy) is 3. The first-order chi connectivity index (χ1) is 10.5. The van der Waals surface area contributed by atoms with Crippen LogP contribution in [0.15, 0.2) is 0 Å². The fourth-order valence-electron chi connectivity index (χ4n) is 3.35. The van der Waals surface area contributed by atoms with Crippen molar-refractivity contribution in [2.75, 3.05) is 19.8 Å². The van der Waals surface area contributed by atoms with Gasteiger partial charge in [-0.25, -0.2) is 0 Å². The van der Waals surface area contributed by atoms with Gasteiger partial charge in [0.1, 0.15) is 0 Å². The third-order valence-electron chi connectivity index (χ3n) is 4.57. The average molecular weight is 324 g/mol. The van der Waals surface area contributed by atoms with Gasteiger partial charge in [-0.1, -0.05) is 0 Å². The predicted molar refractivity (Wildman–Crippen MR) is 76.5 cm³/mol. The molecule has 1 heterocycles. The number of hydrogen-bond donors (Lipinski definition) is 0. The Labute approximate surface area is 130 Å². The van der Waals surface area contributed by atoms with Crippen LogP contribution >= 0.6 is 0 Å². The minimum absolute atomic E-state index is 0.0957. The molecule has 0 amide bonds. The molecule has 22 heavy (non-hydrogen) atoms. The Morgan fingerprint density at radius 1 is 1.05 bits per heavy atom. The van der Waals surface area contributed by atoms with Gasteiger partial charge in [0.2, 0.25) is 0 Å². The van der Waals surface area contributed by atoms with Crippen LogP contribution in [0.2, 0.25) is 0 Å². The van der Waals surface area contributed by atoms with E-state index in [1.807, 2.05) is 6.92 Å². The molecule has 0 aromatic rings. The number of rotatable bonds is 6. The lowest BCUT2D eigenvalue weighted by Crippen LogP contribution is -2.39. The van der Waals surface area contributed by atoms with E-state index in [4.69, 9.17) is 14.2 Å². The topological polar surface area (TPSA) is 27.7 Å². The molecule has 0 bridgehead atoms. The van der Waals surface area contributed by atoms with E-state index in [0.717, 1.165) is 32.3 Å². The lowest BCUT2D eigenvalue weighted by molar-refractivity contribution is -0.232. The van der Waals surface area contributed by atoms with Crippen LogP contribution in [0.3, 0.4) is 0 Å². The van der Waals surface area contributed by atoms with E-state index >= 15 is 0 Å². The van der Waals surface area contributed by atoms with E-state index < -0.39 is 12.6 Å². The summed E-state index contributed by atoms with van der Waals surface area (Å²) in [6, 6.07) is 0. The van der Waals surface area contributed by atoms with E-state index in [9.17, 15) is 13.2 Å². The Morgan fingerprint density at radius 3 is 2.23 bits per heavy atom. The van der Waals surface area contributed by atoms with Gasteiger partial charge in [0, 0.05) is 24.9 Å². The van der Waals surface area contributed by atoms with Crippen molar-refractivity contribution in [2.24, 2.45) is 11.8 Å². The maximum Gasteiger partial charge on any atom is 0.389 e. The first-order valence-corrected chi connectivity index (χ1v) is 8.39. The summed E-state index contributed by atoms with van der Waals surface area (Å²) >= 11 is 0. The smallest absolute Gasteiger partial charge is 0.379 e. The molecule has 2 rings (SSSR count). The number of halogens is 3. The zero-order chi connectivity index (χ0) is 16.0. The Bertz CT molecular complexity index is 306. The normalized spacial score (nSPS) is 33.8. The van der Waals surface area contributed by atoms with Crippen molar-refractivity contribution >= 4 is 0 Å². The van der Waals surface area contributed by atoms with Crippen LogP contribution in [0.1, 0.15) is 51.9 Å². The van der Waals surface area contributed by atoms with Crippen molar-refractivity contribution in [3.63, 3.8) is 0 Å². The van der Waals surface area contributed by atoms with Gasteiger partial charge in [-0.05, 0) is 45.4 Å². The molecule has 3 nitrogen and oxygen atoms in total. The van der Waals surface area contributed by atoms with Crippen LogP contribution in [0.4, 0.5) is 13.2 Å². The van der Waals surface area contributed by atoms with Crippen LogP contribution in [0.5, 0.6) is 0 Å². The summed E-state index contributed by atoms with van der Waals surface area (Å²) in [4.78, 5) is 0. The summed E-state index contributed by atoms with van der Waals surface area (Å²) in [6.07, 6.45) is 0.234. The third-order valence-corrected chi connectivity index (χ3v) is 4.57. The van der Waals surface area contributed by atoms with Crippen molar-refractivity contribution < 1.29 is 27.4 Å². The first kappa shape index (κ1) is 18.0. The molecule has 2 aliphatic rings. The summed E-state index contributed by atoms with van der Waals surface area (Å²) in [5, 5.41) is 0. The van der Waals surface area contributed by atoms with Gasteiger partial charge in [0.25, 0.3) is 0 Å². The van der Waals surface area contributed by atoms with E-state index in [1.165, 1.54) is 0 Å². The van der Waals surface area contributed by atoms with Crippen molar-refractivity contribution in [3.8, 4) is 0 Å². The quantitative estimate of drug-likeness (QED) is 0.729. The van der Waals surface area contributed by atoms with Crippen molar-refractivity contribution in [2.45, 2.75) is 70.4 Å². The molecular weight excluding hydrogens is 297 g/mol. The zero-order valence-corrected chi connectivity index (χ0v) is 13.2. The standard InChI is InChI=1S/C16H27F3O3/c1-2-20-14-7-5-13(6-8-14)15-21-10-12(11-22-15)4-3-9-16(17,18)19/h12-15H,2-11H2,1H3/t12-,13?,14?,15-. The van der Waals surface area contributed by atoms with Crippen molar-refractivity contribution in [1.29, 1.82) is 0 Å². The van der Waals surface area contributed by atoms with Crippen LogP contribution in [-0.4, -0.2) is 38.4 Å². The third kappa shape index (κ3) is 6.05. The highest BCUT2D eigenvalue weighted by atomic mass is 19.4. The fraction of sp³-hybridized carbons (Fsp3) is 1.00. The van der Waals surface area contributed by atoms with Crippen LogP contribution < -0.4 is 0 Å². The minimum Gasteiger partial charge on any atom is -0.379 e. The molecular formula is C16H27F3O3. The molecule has 130 valence electrons. The van der Waals surface area contributed by atoms with Gasteiger partial charge < -0.3 is 14.2 Å². The highest BCUT2D eigenvalue weighted by Gasteiger charge is 2.33. The van der Waals surface area contributed by atoms with Gasteiger partial charge in [0.15, 0.2) is 6.29 Å². The van der Waals surface area contributed by atoms with E-state index in [0.29, 0.717) is 31.7 Å². The van der Waals surface area contributed by atoms with Gasteiger partial charge in [-0.15, -0.1) is 0 Å². The maximum absolute atomic E-state index is 12.1. The lowest BCUT2D eigenvalue weighted by Gasteiger charge is -2.37. The minimum atomic E-state index is -4.06.